The van der Waals surface area contributed by atoms with Crippen LogP contribution in [0.3, 0.4) is 0 Å². The Morgan fingerprint density at radius 2 is 1.75 bits per heavy atom. The zero-order chi connectivity index (χ0) is 25.5. The van der Waals surface area contributed by atoms with Gasteiger partial charge in [0.2, 0.25) is 6.41 Å². The van der Waals surface area contributed by atoms with Crippen molar-refractivity contribution < 1.29 is 23.8 Å². The van der Waals surface area contributed by atoms with Crippen molar-refractivity contribution >= 4 is 34.7 Å². The molecule has 0 saturated heterocycles. The summed E-state index contributed by atoms with van der Waals surface area (Å²) in [7, 11) is 3.11. The van der Waals surface area contributed by atoms with Crippen LogP contribution in [0.25, 0.3) is 10.9 Å². The lowest BCUT2D eigenvalue weighted by molar-refractivity contribution is -0.109. The van der Waals surface area contributed by atoms with Crippen LogP contribution in [0.2, 0.25) is 0 Å². The molecule has 0 saturated carbocycles. The van der Waals surface area contributed by atoms with Crippen LogP contribution in [0.5, 0.6) is 23.0 Å². The van der Waals surface area contributed by atoms with Gasteiger partial charge in [-0.05, 0) is 54.6 Å². The molecule has 36 heavy (non-hydrogen) atoms. The zero-order valence-electron chi connectivity index (χ0n) is 19.4. The first-order valence-electron chi connectivity index (χ1n) is 10.7. The minimum Gasteiger partial charge on any atom is -0.493 e. The Kier molecular flexibility index (Phi) is 7.12. The number of nitriles is 1. The molecule has 10 nitrogen and oxygen atoms in total. The van der Waals surface area contributed by atoms with E-state index >= 15 is 0 Å². The predicted octanol–water partition coefficient (Wildman–Crippen LogP) is 4.62. The number of anilines is 2. The number of ether oxygens (including phenoxy) is 3. The summed E-state index contributed by atoms with van der Waals surface area (Å²) in [5.74, 6) is 2.21. The molecule has 0 unspecified atom stereocenters. The molecule has 2 N–H and O–H groups in total. The molecule has 0 aliphatic heterocycles. The fourth-order valence-electron chi connectivity index (χ4n) is 3.47. The Bertz CT molecular complexity index is 1450. The predicted molar refractivity (Wildman–Crippen MR) is 133 cm³/mol. The van der Waals surface area contributed by atoms with Gasteiger partial charge in [-0.15, -0.1) is 0 Å². The normalized spacial score (nSPS) is 10.1. The van der Waals surface area contributed by atoms with Gasteiger partial charge in [0.1, 0.15) is 11.5 Å². The molecule has 0 atom stereocenters. The van der Waals surface area contributed by atoms with Gasteiger partial charge in [0.05, 0.1) is 37.1 Å². The van der Waals surface area contributed by atoms with Gasteiger partial charge in [0.15, 0.2) is 11.5 Å². The van der Waals surface area contributed by atoms with Gasteiger partial charge in [-0.3, -0.25) is 15.2 Å². The van der Waals surface area contributed by atoms with E-state index < -0.39 is 6.03 Å². The number of carbonyl (C=O) groups excluding carboxylic acids is 2. The molecule has 3 aromatic carbocycles. The highest BCUT2D eigenvalue weighted by Crippen LogP contribution is 2.37. The molecule has 1 heterocycles. The van der Waals surface area contributed by atoms with Crippen LogP contribution in [-0.4, -0.2) is 31.6 Å². The highest BCUT2D eigenvalue weighted by Gasteiger charge is 2.16. The summed E-state index contributed by atoms with van der Waals surface area (Å²) in [5, 5.41) is 13.5. The number of rotatable bonds is 8. The summed E-state index contributed by atoms with van der Waals surface area (Å²) in [4.78, 5) is 28.2. The summed E-state index contributed by atoms with van der Waals surface area (Å²) in [6, 6.07) is 19.7. The van der Waals surface area contributed by atoms with Crippen LogP contribution in [0.4, 0.5) is 16.2 Å². The number of nitrogens with one attached hydrogen (secondary N) is 2. The summed E-state index contributed by atoms with van der Waals surface area (Å²) < 4.78 is 16.8. The molecular formula is C26H21N5O5. The van der Waals surface area contributed by atoms with Crippen LogP contribution in [0.15, 0.2) is 72.9 Å². The number of pyridine rings is 1. The molecule has 10 heteroatoms. The lowest BCUT2D eigenvalue weighted by Gasteiger charge is -2.21. The van der Waals surface area contributed by atoms with Crippen molar-refractivity contribution in [2.45, 2.75) is 0 Å². The van der Waals surface area contributed by atoms with Crippen molar-refractivity contribution in [3.8, 4) is 29.1 Å². The molecule has 3 amide bonds. The standard InChI is InChI=1S/C26H21N5O5/c1-34-24-13-21-22(14-25(24)35-2)28-11-10-23(21)36-20-8-6-18(7-9-20)30-26(33)31(29-16-32)19-5-3-4-17(12-19)15-27/h3-14,16H,1-2H3,(H,29,32)(H,30,33). The topological polar surface area (TPSA) is 126 Å². The van der Waals surface area contributed by atoms with Crippen LogP contribution < -0.4 is 30.0 Å². The van der Waals surface area contributed by atoms with Crippen LogP contribution >= 0.6 is 0 Å². The average molecular weight is 483 g/mol. The van der Waals surface area contributed by atoms with E-state index in [-0.39, 0.29) is 0 Å². The van der Waals surface area contributed by atoms with Crippen molar-refractivity contribution in [2.24, 2.45) is 0 Å². The van der Waals surface area contributed by atoms with Gasteiger partial charge in [-0.25, -0.2) is 9.80 Å². The lowest BCUT2D eigenvalue weighted by Crippen LogP contribution is -2.45. The second-order valence-electron chi connectivity index (χ2n) is 7.33. The van der Waals surface area contributed by atoms with Crippen LogP contribution in [-0.2, 0) is 4.79 Å². The molecule has 0 bridgehead atoms. The summed E-state index contributed by atoms with van der Waals surface area (Å²) in [6.07, 6.45) is 2.01. The largest absolute Gasteiger partial charge is 0.493 e. The number of hydrogen-bond donors (Lipinski definition) is 2. The smallest absolute Gasteiger partial charge is 0.345 e. The summed E-state index contributed by atoms with van der Waals surface area (Å²) in [5.41, 5.74) is 4.15. The number of fused-ring (bicyclic) bond motifs is 1. The van der Waals surface area contributed by atoms with Crippen molar-refractivity contribution in [3.63, 3.8) is 0 Å². The SMILES string of the molecule is COc1cc2nccc(Oc3ccc(NC(=O)N(NC=O)c4cccc(C#N)c4)cc3)c2cc1OC. The van der Waals surface area contributed by atoms with Gasteiger partial charge >= 0.3 is 6.03 Å². The Morgan fingerprint density at radius 1 is 1.00 bits per heavy atom. The maximum Gasteiger partial charge on any atom is 0.345 e. The highest BCUT2D eigenvalue weighted by molar-refractivity contribution is 6.02. The minimum absolute atomic E-state index is 0.329. The number of methoxy groups -OCH3 is 2. The third-order valence-corrected chi connectivity index (χ3v) is 5.16. The number of hydrogen-bond acceptors (Lipinski definition) is 7. The van der Waals surface area contributed by atoms with Gasteiger partial charge in [-0.1, -0.05) is 6.07 Å². The zero-order valence-corrected chi connectivity index (χ0v) is 19.4. The maximum atomic E-state index is 12.8. The molecule has 0 spiro atoms. The molecule has 0 fully saturated rings. The van der Waals surface area contributed by atoms with Crippen molar-refractivity contribution in [1.29, 1.82) is 5.26 Å². The van der Waals surface area contributed by atoms with Crippen molar-refractivity contribution in [1.82, 2.24) is 10.4 Å². The molecule has 0 aliphatic carbocycles. The monoisotopic (exact) mass is 483 g/mol. The number of aromatic nitrogens is 1. The quantitative estimate of drug-likeness (QED) is 0.277. The Morgan fingerprint density at radius 3 is 2.44 bits per heavy atom. The van der Waals surface area contributed by atoms with E-state index in [1.54, 1.807) is 81.1 Å². The van der Waals surface area contributed by atoms with E-state index in [1.807, 2.05) is 6.07 Å². The first-order chi connectivity index (χ1) is 17.6. The molecule has 1 aromatic heterocycles. The van der Waals surface area contributed by atoms with Gasteiger partial charge in [0, 0.05) is 23.3 Å². The van der Waals surface area contributed by atoms with Crippen LogP contribution in [0.1, 0.15) is 5.56 Å². The highest BCUT2D eigenvalue weighted by atomic mass is 16.5. The second kappa shape index (κ2) is 10.8. The van der Waals surface area contributed by atoms with Gasteiger partial charge < -0.3 is 19.5 Å². The van der Waals surface area contributed by atoms with E-state index in [0.717, 1.165) is 10.4 Å². The molecule has 0 radical (unpaired) electrons. The molecule has 4 aromatic rings. The first kappa shape index (κ1) is 23.8. The summed E-state index contributed by atoms with van der Waals surface area (Å²) in [6.45, 7) is 0. The fourth-order valence-corrected chi connectivity index (χ4v) is 3.47. The third kappa shape index (κ3) is 5.10. The third-order valence-electron chi connectivity index (χ3n) is 5.16. The Balaban J connectivity index is 1.52. The lowest BCUT2D eigenvalue weighted by atomic mass is 10.2. The molecule has 4 rings (SSSR count). The first-order valence-corrected chi connectivity index (χ1v) is 10.7. The van der Waals surface area contributed by atoms with E-state index in [4.69, 9.17) is 19.5 Å². The Hall–Kier alpha value is -5.30. The summed E-state index contributed by atoms with van der Waals surface area (Å²) >= 11 is 0. The van der Waals surface area contributed by atoms with Crippen LogP contribution in [0, 0.1) is 11.3 Å². The fraction of sp³-hybridized carbons (Fsp3) is 0.0769. The molecular weight excluding hydrogens is 462 g/mol. The van der Waals surface area contributed by atoms with E-state index in [9.17, 15) is 9.59 Å². The molecule has 0 aliphatic rings. The number of benzene rings is 3. The van der Waals surface area contributed by atoms with Crippen molar-refractivity contribution in [3.05, 3.63) is 78.5 Å². The Labute approximate surface area is 206 Å². The number of carbonyl (C=O) groups is 2. The maximum absolute atomic E-state index is 12.8. The number of nitrogens with zero attached hydrogens (tertiary/aromatic N) is 3. The van der Waals surface area contributed by atoms with Gasteiger partial charge in [-0.2, -0.15) is 5.26 Å². The number of amides is 3. The number of urea groups is 1. The van der Waals surface area contributed by atoms with E-state index in [2.05, 4.69) is 15.7 Å². The average Bonchev–Trinajstić information content (AvgIpc) is 2.92. The van der Waals surface area contributed by atoms with Gasteiger partial charge in [0.25, 0.3) is 0 Å². The number of hydrazine groups is 1. The molecule has 180 valence electrons. The van der Waals surface area contributed by atoms with E-state index in [1.165, 1.54) is 6.07 Å². The van der Waals surface area contributed by atoms with E-state index in [0.29, 0.717) is 51.9 Å². The minimum atomic E-state index is -0.618. The second-order valence-corrected chi connectivity index (χ2v) is 7.33. The van der Waals surface area contributed by atoms with Crippen molar-refractivity contribution in [2.75, 3.05) is 24.5 Å².